The molecule has 1 rings (SSSR count). The fourth-order valence-corrected chi connectivity index (χ4v) is 1.29. The molecule has 2 heteroatoms. The molecular formula is C13H22FN. The third kappa shape index (κ3) is 8.10. The van der Waals surface area contributed by atoms with Crippen molar-refractivity contribution in [2.24, 2.45) is 0 Å². The Balaban J connectivity index is 0.000000288. The standard InChI is InChI=1S/C7H8FN.C6H14/c1-5-3-6(2)9-7(8)4-5;1-3-5-6-4-2/h3-4H,1-2H3;3-6H2,1-2H3. The fraction of sp³-hybridized carbons (Fsp3) is 0.615. The Bertz CT molecular complexity index is 217. The van der Waals surface area contributed by atoms with Gasteiger partial charge in [0.05, 0.1) is 0 Å². The molecule has 1 heterocycles. The van der Waals surface area contributed by atoms with Crippen molar-refractivity contribution in [1.82, 2.24) is 4.98 Å². The molecule has 0 unspecified atom stereocenters. The summed E-state index contributed by atoms with van der Waals surface area (Å²) in [5.74, 6) is -0.396. The molecule has 1 nitrogen and oxygen atoms in total. The molecule has 0 saturated heterocycles. The number of aromatic nitrogens is 1. The highest BCUT2D eigenvalue weighted by Gasteiger charge is 1.92. The van der Waals surface area contributed by atoms with E-state index >= 15 is 0 Å². The van der Waals surface area contributed by atoms with E-state index in [0.717, 1.165) is 11.3 Å². The molecule has 0 spiro atoms. The molecule has 0 radical (unpaired) electrons. The second-order valence-corrected chi connectivity index (χ2v) is 3.82. The van der Waals surface area contributed by atoms with Crippen LogP contribution in [-0.4, -0.2) is 4.98 Å². The maximum absolute atomic E-state index is 12.3. The van der Waals surface area contributed by atoms with E-state index in [2.05, 4.69) is 18.8 Å². The lowest BCUT2D eigenvalue weighted by molar-refractivity contribution is 0.578. The SMILES string of the molecule is CCCCCC.Cc1cc(C)nc(F)c1. The molecule has 0 aliphatic carbocycles. The topological polar surface area (TPSA) is 12.9 Å². The Morgan fingerprint density at radius 3 is 1.93 bits per heavy atom. The quantitative estimate of drug-likeness (QED) is 0.532. The lowest BCUT2D eigenvalue weighted by Crippen LogP contribution is -1.86. The largest absolute Gasteiger partial charge is 0.225 e. The second kappa shape index (κ2) is 8.39. The molecule has 0 aliphatic heterocycles. The molecule has 0 bridgehead atoms. The number of rotatable bonds is 3. The third-order valence-corrected chi connectivity index (χ3v) is 2.02. The molecule has 0 saturated carbocycles. The summed E-state index contributed by atoms with van der Waals surface area (Å²) in [4.78, 5) is 3.57. The molecule has 15 heavy (non-hydrogen) atoms. The van der Waals surface area contributed by atoms with Gasteiger partial charge in [-0.05, 0) is 31.5 Å². The van der Waals surface area contributed by atoms with Gasteiger partial charge >= 0.3 is 0 Å². The number of unbranched alkanes of at least 4 members (excludes halogenated alkanes) is 3. The summed E-state index contributed by atoms with van der Waals surface area (Å²) in [5.41, 5.74) is 1.65. The minimum Gasteiger partial charge on any atom is -0.225 e. The average molecular weight is 211 g/mol. The zero-order valence-electron chi connectivity index (χ0n) is 10.3. The molecule has 0 atom stereocenters. The first-order valence-electron chi connectivity index (χ1n) is 5.71. The minimum atomic E-state index is -0.396. The number of hydrogen-bond acceptors (Lipinski definition) is 1. The summed E-state index contributed by atoms with van der Waals surface area (Å²) in [7, 11) is 0. The molecule has 0 fully saturated rings. The highest BCUT2D eigenvalue weighted by molar-refractivity contribution is 5.13. The summed E-state index contributed by atoms with van der Waals surface area (Å²) < 4.78 is 12.3. The predicted octanol–water partition coefficient (Wildman–Crippen LogP) is 4.42. The summed E-state index contributed by atoms with van der Waals surface area (Å²) in [6, 6.07) is 3.25. The molecule has 0 aromatic carbocycles. The first kappa shape index (κ1) is 14.1. The number of halogens is 1. The van der Waals surface area contributed by atoms with E-state index in [9.17, 15) is 4.39 Å². The van der Waals surface area contributed by atoms with Gasteiger partial charge in [-0.1, -0.05) is 39.5 Å². The van der Waals surface area contributed by atoms with Crippen LogP contribution in [0.3, 0.4) is 0 Å². The molecule has 1 aromatic rings. The highest BCUT2D eigenvalue weighted by atomic mass is 19.1. The van der Waals surface area contributed by atoms with Crippen LogP contribution in [0.4, 0.5) is 4.39 Å². The van der Waals surface area contributed by atoms with Crippen LogP contribution in [-0.2, 0) is 0 Å². The van der Waals surface area contributed by atoms with Crippen molar-refractivity contribution in [1.29, 1.82) is 0 Å². The van der Waals surface area contributed by atoms with Crippen molar-refractivity contribution in [3.8, 4) is 0 Å². The number of nitrogens with zero attached hydrogens (tertiary/aromatic N) is 1. The van der Waals surface area contributed by atoms with E-state index in [4.69, 9.17) is 0 Å². The van der Waals surface area contributed by atoms with E-state index in [1.54, 1.807) is 6.92 Å². The van der Waals surface area contributed by atoms with Crippen LogP contribution < -0.4 is 0 Å². The maximum atomic E-state index is 12.3. The van der Waals surface area contributed by atoms with Crippen molar-refractivity contribution in [3.05, 3.63) is 29.3 Å². The molecule has 0 aliphatic rings. The van der Waals surface area contributed by atoms with Gasteiger partial charge in [0.15, 0.2) is 0 Å². The van der Waals surface area contributed by atoms with Crippen molar-refractivity contribution in [2.45, 2.75) is 53.4 Å². The third-order valence-electron chi connectivity index (χ3n) is 2.02. The van der Waals surface area contributed by atoms with Gasteiger partial charge in [-0.3, -0.25) is 0 Å². The monoisotopic (exact) mass is 211 g/mol. The van der Waals surface area contributed by atoms with E-state index in [1.165, 1.54) is 31.7 Å². The van der Waals surface area contributed by atoms with Crippen molar-refractivity contribution in [3.63, 3.8) is 0 Å². The summed E-state index contributed by atoms with van der Waals surface area (Å²) in [6.07, 6.45) is 5.54. The second-order valence-electron chi connectivity index (χ2n) is 3.82. The Labute approximate surface area is 92.7 Å². The zero-order valence-corrected chi connectivity index (χ0v) is 10.3. The fourth-order valence-electron chi connectivity index (χ4n) is 1.29. The van der Waals surface area contributed by atoms with Crippen molar-refractivity contribution in [2.75, 3.05) is 0 Å². The van der Waals surface area contributed by atoms with Gasteiger partial charge in [-0.2, -0.15) is 4.39 Å². The lowest BCUT2D eigenvalue weighted by Gasteiger charge is -1.93. The smallest absolute Gasteiger partial charge is 0.213 e. The van der Waals surface area contributed by atoms with Gasteiger partial charge in [-0.25, -0.2) is 4.98 Å². The number of aryl methyl sites for hydroxylation is 2. The van der Waals surface area contributed by atoms with E-state index in [0.29, 0.717) is 0 Å². The first-order chi connectivity index (χ1) is 7.10. The minimum absolute atomic E-state index is 0.396. The molecule has 0 amide bonds. The molecular weight excluding hydrogens is 189 g/mol. The zero-order chi connectivity index (χ0) is 11.7. The highest BCUT2D eigenvalue weighted by Crippen LogP contribution is 2.01. The van der Waals surface area contributed by atoms with Gasteiger partial charge in [-0.15, -0.1) is 0 Å². The Morgan fingerprint density at radius 2 is 1.60 bits per heavy atom. The van der Waals surface area contributed by atoms with Crippen LogP contribution in [0.15, 0.2) is 12.1 Å². The maximum Gasteiger partial charge on any atom is 0.213 e. The van der Waals surface area contributed by atoms with E-state index in [-0.39, 0.29) is 0 Å². The van der Waals surface area contributed by atoms with Gasteiger partial charge < -0.3 is 0 Å². The summed E-state index contributed by atoms with van der Waals surface area (Å²) >= 11 is 0. The summed E-state index contributed by atoms with van der Waals surface area (Å²) in [6.45, 7) is 8.08. The van der Waals surface area contributed by atoms with Crippen LogP contribution in [0.25, 0.3) is 0 Å². The van der Waals surface area contributed by atoms with Crippen LogP contribution in [0.2, 0.25) is 0 Å². The number of hydrogen-bond donors (Lipinski definition) is 0. The molecule has 86 valence electrons. The predicted molar refractivity (Wildman–Crippen MR) is 63.5 cm³/mol. The van der Waals surface area contributed by atoms with Crippen LogP contribution >= 0.6 is 0 Å². The average Bonchev–Trinajstić information content (AvgIpc) is 2.13. The first-order valence-corrected chi connectivity index (χ1v) is 5.71. The van der Waals surface area contributed by atoms with Crippen LogP contribution in [0.1, 0.15) is 50.8 Å². The van der Waals surface area contributed by atoms with E-state index < -0.39 is 5.95 Å². The molecule has 0 N–H and O–H groups in total. The lowest BCUT2D eigenvalue weighted by atomic mass is 10.2. The van der Waals surface area contributed by atoms with Gasteiger partial charge in [0.1, 0.15) is 0 Å². The molecule has 1 aromatic heterocycles. The van der Waals surface area contributed by atoms with Gasteiger partial charge in [0, 0.05) is 5.69 Å². The Morgan fingerprint density at radius 1 is 1.07 bits per heavy atom. The van der Waals surface area contributed by atoms with Gasteiger partial charge in [0.2, 0.25) is 5.95 Å². The Hall–Kier alpha value is -0.920. The Kier molecular flexibility index (Phi) is 7.88. The van der Waals surface area contributed by atoms with Crippen LogP contribution in [0, 0.1) is 19.8 Å². The summed E-state index contributed by atoms with van der Waals surface area (Å²) in [5, 5.41) is 0. The van der Waals surface area contributed by atoms with Crippen LogP contribution in [0.5, 0.6) is 0 Å². The normalized spacial score (nSPS) is 9.40. The van der Waals surface area contributed by atoms with Gasteiger partial charge in [0.25, 0.3) is 0 Å². The van der Waals surface area contributed by atoms with Crippen molar-refractivity contribution >= 4 is 0 Å². The van der Waals surface area contributed by atoms with E-state index in [1.807, 2.05) is 13.0 Å². The number of pyridine rings is 1. The van der Waals surface area contributed by atoms with Crippen molar-refractivity contribution < 1.29 is 4.39 Å².